The molecular weight excluding hydrogens is 124 g/mol. The van der Waals surface area contributed by atoms with Gasteiger partial charge in [-0.05, 0) is 18.9 Å². The topological polar surface area (TPSA) is 9.23 Å². The van der Waals surface area contributed by atoms with Crippen LogP contribution in [0.25, 0.3) is 0 Å². The van der Waals surface area contributed by atoms with Gasteiger partial charge in [0.1, 0.15) is 0 Å². The van der Waals surface area contributed by atoms with Crippen molar-refractivity contribution in [1.29, 1.82) is 0 Å². The second-order valence-electron chi connectivity index (χ2n) is 2.12. The van der Waals surface area contributed by atoms with Crippen molar-refractivity contribution >= 4 is 0 Å². The molecule has 0 saturated carbocycles. The fourth-order valence-corrected chi connectivity index (χ4v) is 0.738. The first-order valence-electron chi connectivity index (χ1n) is 3.58. The molecule has 0 spiro atoms. The van der Waals surface area contributed by atoms with E-state index in [0.717, 1.165) is 19.4 Å². The highest BCUT2D eigenvalue weighted by atomic mass is 16.5. The normalized spacial score (nSPS) is 21.6. The summed E-state index contributed by atoms with van der Waals surface area (Å²) in [7, 11) is 0. The van der Waals surface area contributed by atoms with Crippen molar-refractivity contribution in [2.24, 2.45) is 0 Å². The third-order valence-electron chi connectivity index (χ3n) is 1.25. The standard InChI is InChI=1S/C9H12O/c1-2-4-6-8-10-9-7-5-3-1/h1-4,7,9H,5-6,8H2/b3-1?,4-2?,9-7+. The number of ether oxygens (including phenoxy) is 1. The molecule has 0 N–H and O–H groups in total. The quantitative estimate of drug-likeness (QED) is 0.497. The highest BCUT2D eigenvalue weighted by Crippen LogP contribution is 1.93. The van der Waals surface area contributed by atoms with Crippen LogP contribution in [0.1, 0.15) is 12.8 Å². The molecule has 0 unspecified atom stereocenters. The predicted octanol–water partition coefficient (Wildman–Crippen LogP) is 2.42. The summed E-state index contributed by atoms with van der Waals surface area (Å²) in [6.07, 6.45) is 14.1. The molecule has 0 aliphatic carbocycles. The van der Waals surface area contributed by atoms with Crippen molar-refractivity contribution in [3.05, 3.63) is 36.6 Å². The summed E-state index contributed by atoms with van der Waals surface area (Å²) in [6, 6.07) is 0. The number of rotatable bonds is 0. The first-order chi connectivity index (χ1) is 5.00. The van der Waals surface area contributed by atoms with E-state index in [1.165, 1.54) is 0 Å². The third kappa shape index (κ3) is 3.13. The van der Waals surface area contributed by atoms with Crippen LogP contribution in [0.3, 0.4) is 0 Å². The fraction of sp³-hybridized carbons (Fsp3) is 0.333. The maximum Gasteiger partial charge on any atom is 0.0907 e. The van der Waals surface area contributed by atoms with Gasteiger partial charge in [0.2, 0.25) is 0 Å². The minimum atomic E-state index is 0.792. The smallest absolute Gasteiger partial charge is 0.0907 e. The Balaban J connectivity index is 2.38. The molecule has 0 fully saturated rings. The van der Waals surface area contributed by atoms with E-state index in [0.29, 0.717) is 0 Å². The van der Waals surface area contributed by atoms with Crippen molar-refractivity contribution < 1.29 is 4.74 Å². The lowest BCUT2D eigenvalue weighted by Gasteiger charge is -1.96. The second kappa shape index (κ2) is 4.86. The van der Waals surface area contributed by atoms with Crippen molar-refractivity contribution in [3.63, 3.8) is 0 Å². The Morgan fingerprint density at radius 3 is 2.90 bits per heavy atom. The average Bonchev–Trinajstić information content (AvgIpc) is 2.01. The molecule has 1 aliphatic rings. The zero-order valence-corrected chi connectivity index (χ0v) is 5.99. The van der Waals surface area contributed by atoms with Gasteiger partial charge in [0, 0.05) is 0 Å². The molecule has 1 rings (SSSR count). The van der Waals surface area contributed by atoms with Gasteiger partial charge in [-0.1, -0.05) is 24.3 Å². The van der Waals surface area contributed by atoms with Gasteiger partial charge in [-0.3, -0.25) is 0 Å². The molecule has 0 aromatic carbocycles. The number of allylic oxidation sites excluding steroid dienone is 4. The van der Waals surface area contributed by atoms with Crippen LogP contribution in [-0.4, -0.2) is 6.61 Å². The van der Waals surface area contributed by atoms with E-state index in [-0.39, 0.29) is 0 Å². The molecule has 1 aliphatic heterocycles. The summed E-state index contributed by atoms with van der Waals surface area (Å²) in [5.74, 6) is 0. The van der Waals surface area contributed by atoms with E-state index in [1.807, 2.05) is 6.08 Å². The Morgan fingerprint density at radius 1 is 1.00 bits per heavy atom. The van der Waals surface area contributed by atoms with Gasteiger partial charge >= 0.3 is 0 Å². The highest BCUT2D eigenvalue weighted by Gasteiger charge is 1.79. The molecule has 10 heavy (non-hydrogen) atoms. The number of hydrogen-bond acceptors (Lipinski definition) is 1. The van der Waals surface area contributed by atoms with Crippen LogP contribution in [0.15, 0.2) is 36.6 Å². The van der Waals surface area contributed by atoms with Crippen molar-refractivity contribution in [2.75, 3.05) is 6.61 Å². The number of hydrogen-bond donors (Lipinski definition) is 0. The van der Waals surface area contributed by atoms with E-state index >= 15 is 0 Å². The lowest BCUT2D eigenvalue weighted by atomic mass is 10.3. The van der Waals surface area contributed by atoms with E-state index in [2.05, 4.69) is 24.3 Å². The van der Waals surface area contributed by atoms with Gasteiger partial charge in [-0.15, -0.1) is 0 Å². The second-order valence-corrected chi connectivity index (χ2v) is 2.12. The van der Waals surface area contributed by atoms with E-state index in [4.69, 9.17) is 4.74 Å². The van der Waals surface area contributed by atoms with Crippen LogP contribution in [0, 0.1) is 0 Å². The molecule has 0 saturated heterocycles. The lowest BCUT2D eigenvalue weighted by Crippen LogP contribution is -1.83. The maximum atomic E-state index is 5.14. The Kier molecular flexibility index (Phi) is 3.46. The molecule has 0 bridgehead atoms. The van der Waals surface area contributed by atoms with Gasteiger partial charge in [-0.25, -0.2) is 0 Å². The first kappa shape index (κ1) is 7.13. The van der Waals surface area contributed by atoms with Crippen molar-refractivity contribution in [1.82, 2.24) is 0 Å². The van der Waals surface area contributed by atoms with Gasteiger partial charge in [-0.2, -0.15) is 0 Å². The summed E-state index contributed by atoms with van der Waals surface area (Å²) < 4.78 is 5.14. The van der Waals surface area contributed by atoms with Gasteiger partial charge < -0.3 is 4.74 Å². The Morgan fingerprint density at radius 2 is 1.90 bits per heavy atom. The first-order valence-corrected chi connectivity index (χ1v) is 3.58. The molecule has 1 heteroatoms. The molecule has 1 nitrogen and oxygen atoms in total. The predicted molar refractivity (Wildman–Crippen MR) is 42.6 cm³/mol. The van der Waals surface area contributed by atoms with Crippen LogP contribution >= 0.6 is 0 Å². The highest BCUT2D eigenvalue weighted by molar-refractivity contribution is 5.04. The lowest BCUT2D eigenvalue weighted by molar-refractivity contribution is 0.255. The average molecular weight is 136 g/mol. The molecule has 0 atom stereocenters. The summed E-state index contributed by atoms with van der Waals surface area (Å²) >= 11 is 0. The van der Waals surface area contributed by atoms with Crippen molar-refractivity contribution in [3.8, 4) is 0 Å². The molecule has 1 heterocycles. The molecular formula is C9H12O. The summed E-state index contributed by atoms with van der Waals surface area (Å²) in [5, 5.41) is 0. The minimum absolute atomic E-state index is 0.792. The summed E-state index contributed by atoms with van der Waals surface area (Å²) in [6.45, 7) is 0.792. The summed E-state index contributed by atoms with van der Waals surface area (Å²) in [5.41, 5.74) is 0. The van der Waals surface area contributed by atoms with E-state index < -0.39 is 0 Å². The SMILES string of the molecule is C1=CC/C=C/OCCC=C1. The largest absolute Gasteiger partial charge is 0.501 e. The molecule has 0 radical (unpaired) electrons. The van der Waals surface area contributed by atoms with Gasteiger partial charge in [0.05, 0.1) is 12.9 Å². The molecule has 0 aromatic heterocycles. The van der Waals surface area contributed by atoms with Crippen LogP contribution in [0.5, 0.6) is 0 Å². The maximum absolute atomic E-state index is 5.14. The van der Waals surface area contributed by atoms with Gasteiger partial charge in [0.25, 0.3) is 0 Å². The third-order valence-corrected chi connectivity index (χ3v) is 1.25. The molecule has 54 valence electrons. The molecule has 0 amide bonds. The van der Waals surface area contributed by atoms with Crippen molar-refractivity contribution in [2.45, 2.75) is 12.8 Å². The zero-order chi connectivity index (χ0) is 7.07. The fourth-order valence-electron chi connectivity index (χ4n) is 0.738. The minimum Gasteiger partial charge on any atom is -0.501 e. The summed E-state index contributed by atoms with van der Waals surface area (Å²) in [4.78, 5) is 0. The molecule has 0 aromatic rings. The Bertz CT molecular complexity index is 154. The van der Waals surface area contributed by atoms with E-state index in [1.54, 1.807) is 6.26 Å². The monoisotopic (exact) mass is 136 g/mol. The van der Waals surface area contributed by atoms with Crippen LogP contribution in [-0.2, 0) is 4.74 Å². The zero-order valence-electron chi connectivity index (χ0n) is 5.99. The van der Waals surface area contributed by atoms with Gasteiger partial charge in [0.15, 0.2) is 0 Å². The van der Waals surface area contributed by atoms with Crippen LogP contribution < -0.4 is 0 Å². The van der Waals surface area contributed by atoms with Crippen LogP contribution in [0.4, 0.5) is 0 Å². The van der Waals surface area contributed by atoms with Crippen LogP contribution in [0.2, 0.25) is 0 Å². The Labute approximate surface area is 61.7 Å². The Hall–Kier alpha value is -0.980. The van der Waals surface area contributed by atoms with E-state index in [9.17, 15) is 0 Å².